The van der Waals surface area contributed by atoms with Crippen molar-refractivity contribution in [2.75, 3.05) is 13.2 Å². The van der Waals surface area contributed by atoms with Gasteiger partial charge < -0.3 is 15.2 Å². The Morgan fingerprint density at radius 2 is 2.07 bits per heavy atom. The van der Waals surface area contributed by atoms with E-state index in [0.29, 0.717) is 19.6 Å². The number of carboxylic acid groups (broad SMARTS) is 1. The lowest BCUT2D eigenvalue weighted by Gasteiger charge is -2.08. The van der Waals surface area contributed by atoms with Gasteiger partial charge in [-0.3, -0.25) is 9.59 Å². The average molecular weight is 217 g/mol. The Kier molecular flexibility index (Phi) is 7.62. The molecule has 0 amide bonds. The topological polar surface area (TPSA) is 75.6 Å². The summed E-state index contributed by atoms with van der Waals surface area (Å²) in [5.74, 6) is -1.05. The van der Waals surface area contributed by atoms with Crippen LogP contribution in [-0.4, -0.2) is 36.2 Å². The summed E-state index contributed by atoms with van der Waals surface area (Å²) in [6.45, 7) is 4.38. The molecule has 88 valence electrons. The molecule has 0 aliphatic rings. The van der Waals surface area contributed by atoms with Crippen LogP contribution in [0.25, 0.3) is 0 Å². The van der Waals surface area contributed by atoms with Gasteiger partial charge in [-0.2, -0.15) is 0 Å². The summed E-state index contributed by atoms with van der Waals surface area (Å²) >= 11 is 0. The number of carbonyl (C=O) groups excluding carboxylic acids is 1. The minimum atomic E-state index is -0.861. The van der Waals surface area contributed by atoms with Crippen molar-refractivity contribution >= 4 is 11.9 Å². The Hall–Kier alpha value is -1.10. The zero-order valence-electron chi connectivity index (χ0n) is 9.28. The molecule has 0 saturated carbocycles. The van der Waals surface area contributed by atoms with Gasteiger partial charge >= 0.3 is 11.9 Å². The molecule has 0 spiro atoms. The van der Waals surface area contributed by atoms with Crippen LogP contribution in [0, 0.1) is 0 Å². The maximum absolute atomic E-state index is 10.9. The molecule has 5 nitrogen and oxygen atoms in total. The predicted octanol–water partition coefficient (Wildman–Crippen LogP) is 0.782. The van der Waals surface area contributed by atoms with E-state index in [1.165, 1.54) is 0 Å². The molecule has 0 rings (SSSR count). The highest BCUT2D eigenvalue weighted by Gasteiger charge is 2.08. The first kappa shape index (κ1) is 13.9. The summed E-state index contributed by atoms with van der Waals surface area (Å²) in [6.07, 6.45) is 1.89. The highest BCUT2D eigenvalue weighted by Crippen LogP contribution is 1.97. The molecule has 2 N–H and O–H groups in total. The van der Waals surface area contributed by atoms with Crippen LogP contribution < -0.4 is 5.32 Å². The molecule has 0 aliphatic heterocycles. The number of esters is 1. The van der Waals surface area contributed by atoms with E-state index in [9.17, 15) is 9.59 Å². The lowest BCUT2D eigenvalue weighted by molar-refractivity contribution is -0.143. The van der Waals surface area contributed by atoms with Crippen LogP contribution in [0.4, 0.5) is 0 Å². The van der Waals surface area contributed by atoms with Gasteiger partial charge in [0.15, 0.2) is 0 Å². The van der Waals surface area contributed by atoms with Crippen molar-refractivity contribution in [2.24, 2.45) is 0 Å². The van der Waals surface area contributed by atoms with E-state index < -0.39 is 12.0 Å². The number of unbranched alkanes of at least 4 members (excludes halogenated alkanes) is 1. The highest BCUT2D eigenvalue weighted by atomic mass is 16.5. The van der Waals surface area contributed by atoms with Gasteiger partial charge in [-0.25, -0.2) is 0 Å². The second-order valence-electron chi connectivity index (χ2n) is 3.28. The Morgan fingerprint density at radius 3 is 2.60 bits per heavy atom. The number of rotatable bonds is 8. The van der Waals surface area contributed by atoms with Crippen molar-refractivity contribution in [1.82, 2.24) is 5.32 Å². The van der Waals surface area contributed by atoms with Crippen LogP contribution in [0.3, 0.4) is 0 Å². The van der Waals surface area contributed by atoms with Gasteiger partial charge in [-0.05, 0) is 33.2 Å². The maximum atomic E-state index is 10.9. The molecule has 0 aliphatic carbocycles. The minimum absolute atomic E-state index is 0.191. The second kappa shape index (κ2) is 8.23. The van der Waals surface area contributed by atoms with E-state index in [0.717, 1.165) is 12.8 Å². The van der Waals surface area contributed by atoms with E-state index in [1.54, 1.807) is 13.8 Å². The molecule has 15 heavy (non-hydrogen) atoms. The smallest absolute Gasteiger partial charge is 0.320 e. The monoisotopic (exact) mass is 217 g/mol. The number of nitrogens with one attached hydrogen (secondary N) is 1. The largest absolute Gasteiger partial charge is 0.480 e. The van der Waals surface area contributed by atoms with Crippen molar-refractivity contribution < 1.29 is 19.4 Å². The molecule has 0 unspecified atom stereocenters. The summed E-state index contributed by atoms with van der Waals surface area (Å²) in [7, 11) is 0. The van der Waals surface area contributed by atoms with E-state index in [4.69, 9.17) is 9.84 Å². The van der Waals surface area contributed by atoms with Gasteiger partial charge in [0.25, 0.3) is 0 Å². The molecule has 1 atom stereocenters. The first-order chi connectivity index (χ1) is 7.07. The summed E-state index contributed by atoms with van der Waals surface area (Å²) in [4.78, 5) is 21.3. The minimum Gasteiger partial charge on any atom is -0.480 e. The van der Waals surface area contributed by atoms with Gasteiger partial charge in [-0.15, -0.1) is 0 Å². The molecule has 5 heteroatoms. The fraction of sp³-hybridized carbons (Fsp3) is 0.800. The van der Waals surface area contributed by atoms with Crippen LogP contribution in [0.2, 0.25) is 0 Å². The molecule has 0 saturated heterocycles. The Balaban J connectivity index is 3.32. The Labute approximate surface area is 89.8 Å². The van der Waals surface area contributed by atoms with E-state index in [2.05, 4.69) is 5.32 Å². The van der Waals surface area contributed by atoms with Crippen LogP contribution in [-0.2, 0) is 14.3 Å². The quantitative estimate of drug-likeness (QED) is 0.464. The van der Waals surface area contributed by atoms with Gasteiger partial charge in [0.2, 0.25) is 0 Å². The molecule has 0 aromatic heterocycles. The summed E-state index contributed by atoms with van der Waals surface area (Å²) < 4.78 is 4.75. The molecule has 0 bridgehead atoms. The third-order valence-corrected chi connectivity index (χ3v) is 1.93. The molecule has 0 heterocycles. The normalized spacial score (nSPS) is 12.1. The molecule has 0 aromatic rings. The predicted molar refractivity (Wildman–Crippen MR) is 55.6 cm³/mol. The van der Waals surface area contributed by atoms with Crippen molar-refractivity contribution in [3.63, 3.8) is 0 Å². The van der Waals surface area contributed by atoms with Crippen LogP contribution >= 0.6 is 0 Å². The molecule has 0 aromatic carbocycles. The summed E-state index contributed by atoms with van der Waals surface area (Å²) in [5.41, 5.74) is 0. The lowest BCUT2D eigenvalue weighted by Crippen LogP contribution is -2.34. The lowest BCUT2D eigenvalue weighted by atomic mass is 10.2. The van der Waals surface area contributed by atoms with E-state index >= 15 is 0 Å². The van der Waals surface area contributed by atoms with Gasteiger partial charge in [-0.1, -0.05) is 0 Å². The van der Waals surface area contributed by atoms with Gasteiger partial charge in [0, 0.05) is 6.42 Å². The third kappa shape index (κ3) is 7.93. The second-order valence-corrected chi connectivity index (χ2v) is 3.28. The number of aliphatic carboxylic acids is 1. The molecular weight excluding hydrogens is 198 g/mol. The van der Waals surface area contributed by atoms with E-state index in [1.807, 2.05) is 0 Å². The van der Waals surface area contributed by atoms with Crippen molar-refractivity contribution in [3.05, 3.63) is 0 Å². The first-order valence-electron chi connectivity index (χ1n) is 5.19. The number of hydrogen-bond acceptors (Lipinski definition) is 4. The van der Waals surface area contributed by atoms with Crippen molar-refractivity contribution in [3.8, 4) is 0 Å². The van der Waals surface area contributed by atoms with Crippen molar-refractivity contribution in [2.45, 2.75) is 39.2 Å². The number of carboxylic acids is 1. The molecule has 0 fully saturated rings. The van der Waals surface area contributed by atoms with Gasteiger partial charge in [0.05, 0.1) is 6.61 Å². The standard InChI is InChI=1S/C10H19NO4/c1-3-15-9(12)6-4-5-7-11-8(2)10(13)14/h8,11H,3-7H2,1-2H3,(H,13,14)/t8-/m1/s1. The van der Waals surface area contributed by atoms with E-state index in [-0.39, 0.29) is 5.97 Å². The first-order valence-corrected chi connectivity index (χ1v) is 5.19. The van der Waals surface area contributed by atoms with Crippen LogP contribution in [0.5, 0.6) is 0 Å². The summed E-state index contributed by atoms with van der Waals surface area (Å²) in [5, 5.41) is 11.4. The molecule has 0 radical (unpaired) electrons. The fourth-order valence-electron chi connectivity index (χ4n) is 1.03. The Bertz CT molecular complexity index is 206. The third-order valence-electron chi connectivity index (χ3n) is 1.93. The van der Waals surface area contributed by atoms with Gasteiger partial charge in [0.1, 0.15) is 6.04 Å². The number of hydrogen-bond donors (Lipinski definition) is 2. The fourth-order valence-corrected chi connectivity index (χ4v) is 1.03. The van der Waals surface area contributed by atoms with Crippen LogP contribution in [0.1, 0.15) is 33.1 Å². The zero-order chi connectivity index (χ0) is 11.7. The van der Waals surface area contributed by atoms with Crippen molar-refractivity contribution in [1.29, 1.82) is 0 Å². The van der Waals surface area contributed by atoms with Crippen LogP contribution in [0.15, 0.2) is 0 Å². The average Bonchev–Trinajstić information content (AvgIpc) is 2.17. The SMILES string of the molecule is CCOC(=O)CCCCN[C@H](C)C(=O)O. The highest BCUT2D eigenvalue weighted by molar-refractivity contribution is 5.72. The number of carbonyl (C=O) groups is 2. The Morgan fingerprint density at radius 1 is 1.40 bits per heavy atom. The summed E-state index contributed by atoms with van der Waals surface area (Å²) in [6, 6.07) is -0.535. The molecular formula is C10H19NO4. The maximum Gasteiger partial charge on any atom is 0.320 e. The zero-order valence-corrected chi connectivity index (χ0v) is 9.28. The number of ether oxygens (including phenoxy) is 1.